The van der Waals surface area contributed by atoms with Gasteiger partial charge in [0.25, 0.3) is 0 Å². The van der Waals surface area contributed by atoms with Crippen LogP contribution in [0.1, 0.15) is 95.8 Å². The summed E-state index contributed by atoms with van der Waals surface area (Å²) in [5, 5.41) is 41.5. The zero-order valence-corrected chi connectivity index (χ0v) is 38.7. The van der Waals surface area contributed by atoms with E-state index in [0.29, 0.717) is 53.8 Å². The molecule has 6 aromatic rings. The average Bonchev–Trinajstić information content (AvgIpc) is 4.06. The van der Waals surface area contributed by atoms with Crippen LogP contribution in [0.3, 0.4) is 0 Å². The number of aromatic nitrogens is 6. The highest BCUT2D eigenvalue weighted by molar-refractivity contribution is 7.15. The van der Waals surface area contributed by atoms with Gasteiger partial charge in [-0.25, -0.2) is 14.5 Å². The molecule has 2 saturated heterocycles. The van der Waals surface area contributed by atoms with E-state index in [4.69, 9.17) is 16.6 Å². The number of carbonyl (C=O) groups excluding carboxylic acids is 2. The lowest BCUT2D eigenvalue weighted by Crippen LogP contribution is -2.42. The summed E-state index contributed by atoms with van der Waals surface area (Å²) in [6, 6.07) is 17.7. The van der Waals surface area contributed by atoms with Crippen molar-refractivity contribution >= 4 is 40.5 Å². The molecule has 0 bridgehead atoms. The molecule has 0 aliphatic carbocycles. The molecule has 0 radical (unpaired) electrons. The fraction of sp³-hybridized carbons (Fsp3) is 0.396. The number of phenols is 2. The van der Waals surface area contributed by atoms with Gasteiger partial charge in [-0.1, -0.05) is 49.7 Å². The van der Waals surface area contributed by atoms with E-state index in [9.17, 15) is 24.6 Å². The highest BCUT2D eigenvalue weighted by atomic mass is 35.5. The largest absolute Gasteiger partial charge is 0.508 e. The Morgan fingerprint density at radius 1 is 0.938 bits per heavy atom. The van der Waals surface area contributed by atoms with Gasteiger partial charge in [0, 0.05) is 59.2 Å². The number of thiophene rings is 1. The van der Waals surface area contributed by atoms with Gasteiger partial charge in [-0.05, 0) is 112 Å². The van der Waals surface area contributed by atoms with E-state index in [1.54, 1.807) is 17.4 Å². The Morgan fingerprint density at radius 2 is 1.68 bits per heavy atom. The minimum atomic E-state index is -0.554. The second-order valence-electron chi connectivity index (χ2n) is 17.8. The Balaban J connectivity index is 0.779. The molecule has 15 nitrogen and oxygen atoms in total. The molecular weight excluding hydrogens is 864 g/mol. The number of hydrogen-bond donors (Lipinski definition) is 4. The van der Waals surface area contributed by atoms with Gasteiger partial charge in [0.15, 0.2) is 11.6 Å². The fourth-order valence-corrected chi connectivity index (χ4v) is 10.7. The van der Waals surface area contributed by atoms with E-state index in [-0.39, 0.29) is 53.3 Å². The van der Waals surface area contributed by atoms with Crippen molar-refractivity contribution in [3.63, 3.8) is 0 Å². The molecule has 4 N–H and O–H groups in total. The minimum Gasteiger partial charge on any atom is -0.508 e. The van der Waals surface area contributed by atoms with Crippen molar-refractivity contribution in [2.75, 3.05) is 32.7 Å². The maximum absolute atomic E-state index is 13.8. The summed E-state index contributed by atoms with van der Waals surface area (Å²) in [5.74, 6) is 1.62. The van der Waals surface area contributed by atoms with Gasteiger partial charge in [0.1, 0.15) is 28.4 Å². The maximum atomic E-state index is 13.8. The van der Waals surface area contributed by atoms with Crippen LogP contribution in [0.25, 0.3) is 22.1 Å². The summed E-state index contributed by atoms with van der Waals surface area (Å²) < 4.78 is 3.46. The molecule has 65 heavy (non-hydrogen) atoms. The quantitative estimate of drug-likeness (QED) is 0.105. The number of rotatable bonds is 11. The zero-order chi connectivity index (χ0) is 45.7. The molecule has 2 atom stereocenters. The Bertz CT molecular complexity index is 2850. The Morgan fingerprint density at radius 3 is 2.40 bits per heavy atom. The number of aliphatic imine (C=N–C) groups is 1. The first-order valence-corrected chi connectivity index (χ1v) is 23.4. The molecule has 3 aromatic heterocycles. The number of carbonyl (C=O) groups is 2. The van der Waals surface area contributed by atoms with Crippen LogP contribution in [0.5, 0.6) is 11.5 Å². The summed E-state index contributed by atoms with van der Waals surface area (Å²) >= 11 is 7.94. The first kappa shape index (κ1) is 44.1. The van der Waals surface area contributed by atoms with Crippen LogP contribution >= 0.6 is 22.9 Å². The topological polar surface area (TPSA) is 187 Å². The molecule has 3 aromatic carbocycles. The molecule has 3 aliphatic rings. The van der Waals surface area contributed by atoms with Gasteiger partial charge in [0.05, 0.1) is 23.4 Å². The number of H-pyrrole nitrogens is 1. The van der Waals surface area contributed by atoms with Crippen LogP contribution in [-0.2, 0) is 16.1 Å². The van der Waals surface area contributed by atoms with Crippen molar-refractivity contribution < 1.29 is 19.8 Å². The number of aromatic amines is 1. The highest BCUT2D eigenvalue weighted by Gasteiger charge is 2.35. The van der Waals surface area contributed by atoms with E-state index in [0.717, 1.165) is 71.1 Å². The van der Waals surface area contributed by atoms with E-state index in [1.165, 1.54) is 15.5 Å². The monoisotopic (exact) mass is 916 g/mol. The number of aryl methyl sites for hydroxylation is 2. The number of piperidine rings is 1. The van der Waals surface area contributed by atoms with Crippen LogP contribution in [0.2, 0.25) is 5.02 Å². The standard InChI is InChI=1S/C48H53ClN10O5S/c1-26(2)36-20-37(40(61)22-39(36)60)44-53-55-48(64)59(44)35-12-6-30(7-13-35)24-56-17-15-33(16-18-56)46(63)57-19-14-31(25-57)23-50-41(62)21-38-45-54-52-29(5)58(45)47-42(27(3)28(4)65-47)43(51-38)32-8-10-34(49)11-9-32/h6-13,20,22,26,31,33,38,60-61H,14-19,21,23-25H2,1-5H3,(H,50,62)(H,55,64)/t31?,38-/m0/s1. The first-order valence-electron chi connectivity index (χ1n) is 22.2. The molecule has 9 rings (SSSR count). The van der Waals surface area contributed by atoms with Crippen molar-refractivity contribution in [2.45, 2.75) is 78.8 Å². The molecule has 0 spiro atoms. The van der Waals surface area contributed by atoms with Crippen LogP contribution < -0.4 is 11.0 Å². The lowest BCUT2D eigenvalue weighted by Gasteiger charge is -2.33. The minimum absolute atomic E-state index is 0.00712. The van der Waals surface area contributed by atoms with Crippen molar-refractivity contribution in [3.8, 4) is 33.6 Å². The average molecular weight is 918 g/mol. The summed E-state index contributed by atoms with van der Waals surface area (Å²) in [6.45, 7) is 14.1. The second-order valence-corrected chi connectivity index (χ2v) is 19.5. The number of nitrogens with one attached hydrogen (secondary N) is 2. The van der Waals surface area contributed by atoms with E-state index in [2.05, 4.69) is 44.5 Å². The molecule has 0 saturated carbocycles. The predicted octanol–water partition coefficient (Wildman–Crippen LogP) is 7.14. The third kappa shape index (κ3) is 8.74. The molecule has 338 valence electrons. The van der Waals surface area contributed by atoms with Crippen LogP contribution in [-0.4, -0.2) is 99.8 Å². The molecule has 6 heterocycles. The predicted molar refractivity (Wildman–Crippen MR) is 251 cm³/mol. The van der Waals surface area contributed by atoms with Crippen molar-refractivity contribution in [1.29, 1.82) is 0 Å². The summed E-state index contributed by atoms with van der Waals surface area (Å²) in [6.07, 6.45) is 2.48. The molecule has 1 unspecified atom stereocenters. The van der Waals surface area contributed by atoms with Gasteiger partial charge in [0.2, 0.25) is 11.8 Å². The number of phenolic OH excluding ortho intramolecular Hbond substituents is 2. The molecular formula is C48H53ClN10O5S. The SMILES string of the molecule is Cc1sc2c(c1C)C(c1ccc(Cl)cc1)=N[C@@H](CC(=O)NCC1CCN(C(=O)C3CCN(Cc4ccc(-n5c(-c6cc(C(C)C)c(O)cc6O)n[nH]c5=O)cc4)CC3)C1)c1nnc(C)n1-2. The third-order valence-electron chi connectivity index (χ3n) is 13.1. The Labute approximate surface area is 385 Å². The third-order valence-corrected chi connectivity index (χ3v) is 14.6. The summed E-state index contributed by atoms with van der Waals surface area (Å²) in [4.78, 5) is 51.1. The molecule has 17 heteroatoms. The second kappa shape index (κ2) is 18.1. The molecule has 2 fully saturated rings. The van der Waals surface area contributed by atoms with Crippen molar-refractivity contribution in [3.05, 3.63) is 121 Å². The van der Waals surface area contributed by atoms with Crippen molar-refractivity contribution in [1.82, 2.24) is 44.6 Å². The van der Waals surface area contributed by atoms with Crippen LogP contribution in [0.4, 0.5) is 0 Å². The number of amides is 2. The smallest absolute Gasteiger partial charge is 0.348 e. The maximum Gasteiger partial charge on any atom is 0.348 e. The van der Waals surface area contributed by atoms with E-state index >= 15 is 0 Å². The number of fused-ring (bicyclic) bond motifs is 3. The normalized spacial score (nSPS) is 17.8. The number of likely N-dealkylation sites (tertiary alicyclic amines) is 2. The zero-order valence-electron chi connectivity index (χ0n) is 37.1. The van der Waals surface area contributed by atoms with E-state index < -0.39 is 11.7 Å². The Hall–Kier alpha value is -6.10. The van der Waals surface area contributed by atoms with Crippen LogP contribution in [0.15, 0.2) is 70.5 Å². The summed E-state index contributed by atoms with van der Waals surface area (Å²) in [5.41, 5.74) is 6.08. The van der Waals surface area contributed by atoms with Gasteiger partial charge >= 0.3 is 5.69 Å². The van der Waals surface area contributed by atoms with Gasteiger partial charge < -0.3 is 20.4 Å². The molecule has 3 aliphatic heterocycles. The lowest BCUT2D eigenvalue weighted by atomic mass is 9.95. The number of benzene rings is 3. The van der Waals surface area contributed by atoms with Crippen molar-refractivity contribution in [2.24, 2.45) is 16.8 Å². The number of hydrogen-bond acceptors (Lipinski definition) is 11. The fourth-order valence-electron chi connectivity index (χ4n) is 9.40. The number of nitrogens with zero attached hydrogens (tertiary/aromatic N) is 8. The van der Waals surface area contributed by atoms with Gasteiger partial charge in [-0.3, -0.25) is 24.0 Å². The summed E-state index contributed by atoms with van der Waals surface area (Å²) in [7, 11) is 0. The first-order chi connectivity index (χ1) is 31.2. The number of aromatic hydroxyl groups is 2. The van der Waals surface area contributed by atoms with E-state index in [1.807, 2.05) is 78.8 Å². The Kier molecular flexibility index (Phi) is 12.3. The lowest BCUT2D eigenvalue weighted by molar-refractivity contribution is -0.136. The van der Waals surface area contributed by atoms with Gasteiger partial charge in [-0.2, -0.15) is 5.10 Å². The molecule has 2 amide bonds. The number of halogens is 1. The highest BCUT2D eigenvalue weighted by Crippen LogP contribution is 2.40. The van der Waals surface area contributed by atoms with Crippen LogP contribution in [0, 0.1) is 32.6 Å². The van der Waals surface area contributed by atoms with Gasteiger partial charge in [-0.15, -0.1) is 21.5 Å².